The molecule has 3 aliphatic carbocycles. The molecule has 32 heavy (non-hydrogen) atoms. The molecule has 0 unspecified atom stereocenters. The smallest absolute Gasteiger partial charge is 0.0249 e. The molecule has 0 aliphatic heterocycles. The molecule has 0 N–H and O–H groups in total. The van der Waals surface area contributed by atoms with E-state index in [9.17, 15) is 0 Å². The van der Waals surface area contributed by atoms with E-state index in [0.717, 1.165) is 41.1 Å². The molecule has 0 atom stereocenters. The van der Waals surface area contributed by atoms with Crippen LogP contribution in [0.3, 0.4) is 0 Å². The first kappa shape index (κ1) is 23.7. The molecule has 0 aromatic heterocycles. The van der Waals surface area contributed by atoms with Crippen LogP contribution in [0, 0.1) is 41.4 Å². The number of allylic oxidation sites excluding steroid dienone is 2. The quantitative estimate of drug-likeness (QED) is 0.408. The third kappa shape index (κ3) is 6.53. The summed E-state index contributed by atoms with van der Waals surface area (Å²) >= 11 is 0. The van der Waals surface area contributed by atoms with Crippen molar-refractivity contribution in [2.24, 2.45) is 29.6 Å². The van der Waals surface area contributed by atoms with E-state index in [0.29, 0.717) is 0 Å². The molecule has 0 nitrogen and oxygen atoms in total. The van der Waals surface area contributed by atoms with Gasteiger partial charge in [0, 0.05) is 5.56 Å². The molecule has 0 spiro atoms. The molecule has 1 aromatic rings. The van der Waals surface area contributed by atoms with E-state index in [2.05, 4.69) is 62.1 Å². The first-order chi connectivity index (χ1) is 15.7. The van der Waals surface area contributed by atoms with Gasteiger partial charge in [-0.2, -0.15) is 0 Å². The van der Waals surface area contributed by atoms with Crippen molar-refractivity contribution in [3.8, 4) is 11.8 Å². The van der Waals surface area contributed by atoms with Crippen molar-refractivity contribution < 1.29 is 0 Å². The number of rotatable bonds is 5. The Kier molecular flexibility index (Phi) is 8.96. The zero-order valence-electron chi connectivity index (χ0n) is 20.8. The van der Waals surface area contributed by atoms with E-state index < -0.39 is 0 Å². The van der Waals surface area contributed by atoms with E-state index in [4.69, 9.17) is 0 Å². The fraction of sp³-hybridized carbons (Fsp3) is 0.688. The van der Waals surface area contributed by atoms with Gasteiger partial charge < -0.3 is 0 Å². The highest BCUT2D eigenvalue weighted by atomic mass is 14.3. The largest absolute Gasteiger partial charge is 0.0730 e. The van der Waals surface area contributed by atoms with Gasteiger partial charge in [0.1, 0.15) is 0 Å². The fourth-order valence-corrected chi connectivity index (χ4v) is 6.93. The van der Waals surface area contributed by atoms with Crippen LogP contribution in [0.2, 0.25) is 0 Å². The summed E-state index contributed by atoms with van der Waals surface area (Å²) < 4.78 is 0. The predicted molar refractivity (Wildman–Crippen MR) is 139 cm³/mol. The lowest BCUT2D eigenvalue weighted by Gasteiger charge is -2.37. The Morgan fingerprint density at radius 2 is 1.22 bits per heavy atom. The summed E-state index contributed by atoms with van der Waals surface area (Å²) in [6, 6.07) is 9.14. The van der Waals surface area contributed by atoms with Crippen molar-refractivity contribution in [1.29, 1.82) is 0 Å². The molecule has 1 aromatic carbocycles. The molecule has 3 aliphatic rings. The zero-order valence-corrected chi connectivity index (χ0v) is 20.8. The van der Waals surface area contributed by atoms with Gasteiger partial charge in [-0.3, -0.25) is 0 Å². The molecule has 3 fully saturated rings. The summed E-state index contributed by atoms with van der Waals surface area (Å²) in [6.45, 7) is 4.72. The van der Waals surface area contributed by atoms with Crippen LogP contribution in [0.1, 0.15) is 121 Å². The molecule has 0 saturated heterocycles. The van der Waals surface area contributed by atoms with Crippen LogP contribution in [-0.4, -0.2) is 0 Å². The summed E-state index contributed by atoms with van der Waals surface area (Å²) in [5.74, 6) is 12.3. The van der Waals surface area contributed by atoms with Gasteiger partial charge in [-0.15, -0.1) is 0 Å². The summed E-state index contributed by atoms with van der Waals surface area (Å²) in [5, 5.41) is 0. The normalized spacial score (nSPS) is 33.6. The number of hydrogen-bond acceptors (Lipinski definition) is 0. The highest BCUT2D eigenvalue weighted by Crippen LogP contribution is 2.42. The lowest BCUT2D eigenvalue weighted by molar-refractivity contribution is 0.154. The first-order valence-corrected chi connectivity index (χ1v) is 14.0. The van der Waals surface area contributed by atoms with Gasteiger partial charge in [-0.1, -0.05) is 69.6 Å². The molecule has 0 amide bonds. The highest BCUT2D eigenvalue weighted by Gasteiger charge is 2.29. The summed E-state index contributed by atoms with van der Waals surface area (Å²) in [4.78, 5) is 0. The molecule has 3 saturated carbocycles. The van der Waals surface area contributed by atoms with E-state index in [1.165, 1.54) is 95.5 Å². The maximum Gasteiger partial charge on any atom is 0.0249 e. The summed E-state index contributed by atoms with van der Waals surface area (Å²) in [7, 11) is 0. The second-order valence-electron chi connectivity index (χ2n) is 11.2. The topological polar surface area (TPSA) is 0 Å². The Labute approximate surface area is 198 Å². The minimum Gasteiger partial charge on any atom is -0.0730 e. The van der Waals surface area contributed by atoms with Gasteiger partial charge in [0.05, 0.1) is 0 Å². The van der Waals surface area contributed by atoms with Crippen LogP contribution in [0.15, 0.2) is 36.4 Å². The van der Waals surface area contributed by atoms with Gasteiger partial charge in [-0.25, -0.2) is 0 Å². The van der Waals surface area contributed by atoms with Crippen molar-refractivity contribution >= 4 is 0 Å². The van der Waals surface area contributed by atoms with E-state index in [1.807, 2.05) is 0 Å². The third-order valence-corrected chi connectivity index (χ3v) is 9.43. The molecule has 0 heteroatoms. The second-order valence-corrected chi connectivity index (χ2v) is 11.2. The average molecular weight is 431 g/mol. The SMILES string of the molecule is CCC1CCC(c2ccc(C#CC=CC3CCC(C4CCC(CC)CC4)CC3)cc2)CC1. The number of hydrogen-bond donors (Lipinski definition) is 0. The van der Waals surface area contributed by atoms with Gasteiger partial charge in [0.2, 0.25) is 0 Å². The maximum absolute atomic E-state index is 3.36. The lowest BCUT2D eigenvalue weighted by atomic mass is 9.69. The molecule has 174 valence electrons. The van der Waals surface area contributed by atoms with Crippen LogP contribution in [0.4, 0.5) is 0 Å². The van der Waals surface area contributed by atoms with Crippen LogP contribution in [-0.2, 0) is 0 Å². The van der Waals surface area contributed by atoms with Gasteiger partial charge >= 0.3 is 0 Å². The van der Waals surface area contributed by atoms with Gasteiger partial charge in [0.25, 0.3) is 0 Å². The van der Waals surface area contributed by atoms with Gasteiger partial charge in [0.15, 0.2) is 0 Å². The Balaban J connectivity index is 1.19. The molecule has 4 rings (SSSR count). The first-order valence-electron chi connectivity index (χ1n) is 14.0. The minimum absolute atomic E-state index is 0.758. The van der Waals surface area contributed by atoms with E-state index in [-0.39, 0.29) is 0 Å². The third-order valence-electron chi connectivity index (χ3n) is 9.43. The Bertz CT molecular complexity index is 748. The van der Waals surface area contributed by atoms with Crippen LogP contribution >= 0.6 is 0 Å². The average Bonchev–Trinajstić information content (AvgIpc) is 2.87. The van der Waals surface area contributed by atoms with Crippen LogP contribution in [0.25, 0.3) is 0 Å². The van der Waals surface area contributed by atoms with Crippen molar-refractivity contribution in [2.45, 2.75) is 110 Å². The number of benzene rings is 1. The van der Waals surface area contributed by atoms with Crippen molar-refractivity contribution in [2.75, 3.05) is 0 Å². The standard InChI is InChI=1S/C32H46/c1-3-25-9-17-29(18-10-25)31-21-13-27(14-22-31)7-5-6-8-28-15-23-32(24-16-28)30-19-11-26(4-2)12-20-30/h5,7,15-16,23-27,29-31H,3-4,9-14,17-22H2,1-2H3. The van der Waals surface area contributed by atoms with E-state index in [1.54, 1.807) is 0 Å². The Morgan fingerprint density at radius 1 is 0.688 bits per heavy atom. The summed E-state index contributed by atoms with van der Waals surface area (Å²) in [5.41, 5.74) is 2.69. The second kappa shape index (κ2) is 12.1. The molecule has 0 heterocycles. The van der Waals surface area contributed by atoms with Crippen LogP contribution < -0.4 is 0 Å². The Hall–Kier alpha value is -1.48. The lowest BCUT2D eigenvalue weighted by Crippen LogP contribution is -2.25. The fourth-order valence-electron chi connectivity index (χ4n) is 6.93. The predicted octanol–water partition coefficient (Wildman–Crippen LogP) is 9.30. The zero-order chi connectivity index (χ0) is 22.2. The molecule has 0 bridgehead atoms. The Morgan fingerprint density at radius 3 is 1.78 bits per heavy atom. The molecular formula is C32H46. The summed E-state index contributed by atoms with van der Waals surface area (Å²) in [6.07, 6.45) is 24.5. The van der Waals surface area contributed by atoms with Crippen molar-refractivity contribution in [3.63, 3.8) is 0 Å². The monoisotopic (exact) mass is 430 g/mol. The minimum atomic E-state index is 0.758. The molecular weight excluding hydrogens is 384 g/mol. The van der Waals surface area contributed by atoms with Gasteiger partial charge in [-0.05, 0) is 123 Å². The highest BCUT2D eigenvalue weighted by molar-refractivity contribution is 5.39. The molecule has 0 radical (unpaired) electrons. The van der Waals surface area contributed by atoms with Crippen molar-refractivity contribution in [3.05, 3.63) is 47.5 Å². The van der Waals surface area contributed by atoms with E-state index >= 15 is 0 Å². The van der Waals surface area contributed by atoms with Crippen molar-refractivity contribution in [1.82, 2.24) is 0 Å². The maximum atomic E-state index is 3.36. The van der Waals surface area contributed by atoms with Crippen LogP contribution in [0.5, 0.6) is 0 Å².